The van der Waals surface area contributed by atoms with E-state index in [1.807, 2.05) is 0 Å². The number of phosphoric acid groups is 1. The van der Waals surface area contributed by atoms with Crippen LogP contribution in [0.3, 0.4) is 0 Å². The summed E-state index contributed by atoms with van der Waals surface area (Å²) in [5.74, 6) is -0.830. The molecule has 2 N–H and O–H groups in total. The maximum absolute atomic E-state index is 13.7. The van der Waals surface area contributed by atoms with E-state index >= 15 is 0 Å². The number of esters is 2. The van der Waals surface area contributed by atoms with Crippen LogP contribution >= 0.6 is 7.82 Å². The highest BCUT2D eigenvalue weighted by Gasteiger charge is 2.72. The van der Waals surface area contributed by atoms with Gasteiger partial charge in [0.2, 0.25) is 0 Å². The van der Waals surface area contributed by atoms with Crippen LogP contribution in [0.1, 0.15) is 110 Å². The Hall–Kier alpha value is -1.54. The van der Waals surface area contributed by atoms with Crippen molar-refractivity contribution in [2.24, 2.45) is 22.7 Å². The molecule has 0 amide bonds. The lowest BCUT2D eigenvalue weighted by Crippen LogP contribution is -2.44. The van der Waals surface area contributed by atoms with Gasteiger partial charge in [0.15, 0.2) is 5.78 Å². The van der Waals surface area contributed by atoms with Crippen LogP contribution in [0.15, 0.2) is 12.2 Å². The molecule has 0 bridgehead atoms. The molecule has 0 saturated heterocycles. The van der Waals surface area contributed by atoms with Gasteiger partial charge in [-0.1, -0.05) is 64.4 Å². The van der Waals surface area contributed by atoms with E-state index in [9.17, 15) is 18.9 Å². The fourth-order valence-electron chi connectivity index (χ4n) is 6.74. The fourth-order valence-corrected chi connectivity index (χ4v) is 7.11. The molecule has 3 rings (SSSR count). The molecule has 222 valence electrons. The van der Waals surface area contributed by atoms with Crippen molar-refractivity contribution in [3.63, 3.8) is 0 Å². The van der Waals surface area contributed by atoms with E-state index < -0.39 is 30.6 Å². The standard InChI is InChI=1S/C29H47O9P/c1-3-36-27(32)29(25(30)23-15-11-10-12-16-23)20-24-19-28(24,21-29)22(2)26(31)37-17-13-8-6-4-5-7-9-14-18-38-39(33,34)35/h23-24H,2-21H2,1H3,(H2,33,34,35). The first kappa shape index (κ1) is 32.0. The third-order valence-electron chi connectivity index (χ3n) is 8.94. The molecular weight excluding hydrogens is 523 g/mol. The number of hydrogen-bond donors (Lipinski definition) is 2. The third kappa shape index (κ3) is 8.48. The minimum absolute atomic E-state index is 0.0165. The molecule has 10 heteroatoms. The Kier molecular flexibility index (Phi) is 11.8. The summed E-state index contributed by atoms with van der Waals surface area (Å²) in [6, 6.07) is 0. The summed E-state index contributed by atoms with van der Waals surface area (Å²) in [5.41, 5.74) is -1.28. The van der Waals surface area contributed by atoms with E-state index in [0.717, 1.165) is 83.5 Å². The molecule has 0 aromatic carbocycles. The van der Waals surface area contributed by atoms with E-state index in [0.29, 0.717) is 31.4 Å². The van der Waals surface area contributed by atoms with Gasteiger partial charge in [0.1, 0.15) is 5.41 Å². The van der Waals surface area contributed by atoms with E-state index in [-0.39, 0.29) is 30.8 Å². The van der Waals surface area contributed by atoms with E-state index in [2.05, 4.69) is 11.1 Å². The predicted molar refractivity (Wildman–Crippen MR) is 145 cm³/mol. The highest BCUT2D eigenvalue weighted by atomic mass is 31.2. The van der Waals surface area contributed by atoms with Gasteiger partial charge in [-0.25, -0.2) is 9.36 Å². The zero-order valence-corrected chi connectivity index (χ0v) is 24.4. The lowest BCUT2D eigenvalue weighted by Gasteiger charge is -2.33. The molecule has 0 aliphatic heterocycles. The first-order valence-electron chi connectivity index (χ1n) is 14.8. The average molecular weight is 571 g/mol. The Labute approximate surface area is 232 Å². The second-order valence-corrected chi connectivity index (χ2v) is 12.9. The number of unbranched alkanes of at least 4 members (excludes halogenated alkanes) is 7. The fraction of sp³-hybridized carbons (Fsp3) is 0.828. The van der Waals surface area contributed by atoms with Crippen molar-refractivity contribution in [3.8, 4) is 0 Å². The highest BCUT2D eigenvalue weighted by Crippen LogP contribution is 2.73. The number of phosphoric ester groups is 1. The third-order valence-corrected chi connectivity index (χ3v) is 9.46. The van der Waals surface area contributed by atoms with Crippen molar-refractivity contribution in [1.29, 1.82) is 0 Å². The molecule has 3 atom stereocenters. The zero-order chi connectivity index (χ0) is 28.5. The van der Waals surface area contributed by atoms with Crippen LogP contribution in [0.5, 0.6) is 0 Å². The summed E-state index contributed by atoms with van der Waals surface area (Å²) in [5, 5.41) is 0. The highest BCUT2D eigenvalue weighted by molar-refractivity contribution is 7.46. The second-order valence-electron chi connectivity index (χ2n) is 11.7. The SMILES string of the molecule is C=C(C(=O)OCCCCCCCCCCOP(=O)(O)O)C12CC1CC(C(=O)OCC)(C(=O)C1CCCCC1)C2. The molecule has 0 aromatic heterocycles. The molecule has 39 heavy (non-hydrogen) atoms. The number of rotatable bonds is 18. The summed E-state index contributed by atoms with van der Waals surface area (Å²) in [7, 11) is -4.36. The van der Waals surface area contributed by atoms with Gasteiger partial charge in [-0.2, -0.15) is 0 Å². The number of hydrogen-bond acceptors (Lipinski definition) is 7. The summed E-state index contributed by atoms with van der Waals surface area (Å²) in [6.07, 6.45) is 13.6. The largest absolute Gasteiger partial charge is 0.469 e. The van der Waals surface area contributed by atoms with Crippen LogP contribution in [0, 0.1) is 22.7 Å². The Morgan fingerprint density at radius 1 is 0.872 bits per heavy atom. The summed E-state index contributed by atoms with van der Waals surface area (Å²) >= 11 is 0. The first-order valence-corrected chi connectivity index (χ1v) is 16.4. The van der Waals surface area contributed by atoms with Crippen LogP contribution in [-0.4, -0.2) is 47.3 Å². The molecule has 0 spiro atoms. The predicted octanol–water partition coefficient (Wildman–Crippen LogP) is 5.81. The van der Waals surface area contributed by atoms with Crippen LogP contribution in [0.25, 0.3) is 0 Å². The minimum Gasteiger partial charge on any atom is -0.465 e. The van der Waals surface area contributed by atoms with Gasteiger partial charge in [0, 0.05) is 16.9 Å². The van der Waals surface area contributed by atoms with Gasteiger partial charge in [-0.05, 0) is 57.8 Å². The molecule has 3 fully saturated rings. The molecule has 9 nitrogen and oxygen atoms in total. The van der Waals surface area contributed by atoms with E-state index in [1.54, 1.807) is 6.92 Å². The molecule has 3 aliphatic carbocycles. The van der Waals surface area contributed by atoms with Crippen molar-refractivity contribution in [3.05, 3.63) is 12.2 Å². The Morgan fingerprint density at radius 2 is 1.46 bits per heavy atom. The van der Waals surface area contributed by atoms with Gasteiger partial charge >= 0.3 is 19.8 Å². The van der Waals surface area contributed by atoms with Gasteiger partial charge in [-0.15, -0.1) is 0 Å². The number of carbonyl (C=O) groups excluding carboxylic acids is 3. The average Bonchev–Trinajstić information content (AvgIpc) is 3.49. The Bertz CT molecular complexity index is 922. The number of carbonyl (C=O) groups is 3. The topological polar surface area (TPSA) is 136 Å². The molecule has 3 saturated carbocycles. The number of ketones is 1. The molecule has 3 unspecified atom stereocenters. The first-order chi connectivity index (χ1) is 18.6. The van der Waals surface area contributed by atoms with Crippen LogP contribution in [-0.2, 0) is 32.9 Å². The maximum atomic E-state index is 13.7. The lowest BCUT2D eigenvalue weighted by atomic mass is 9.69. The van der Waals surface area contributed by atoms with Crippen molar-refractivity contribution in [2.75, 3.05) is 19.8 Å². The molecular formula is C29H47O9P. The number of Topliss-reactive ketones (excluding diaryl/α,β-unsaturated/α-hetero) is 1. The smallest absolute Gasteiger partial charge is 0.465 e. The van der Waals surface area contributed by atoms with Crippen molar-refractivity contribution in [2.45, 2.75) is 110 Å². The van der Waals surface area contributed by atoms with E-state index in [1.165, 1.54) is 0 Å². The normalized spacial score (nSPS) is 26.6. The minimum atomic E-state index is -4.36. The van der Waals surface area contributed by atoms with Gasteiger partial charge in [-0.3, -0.25) is 14.1 Å². The summed E-state index contributed by atoms with van der Waals surface area (Å²) in [4.78, 5) is 57.0. The van der Waals surface area contributed by atoms with Gasteiger partial charge < -0.3 is 19.3 Å². The lowest BCUT2D eigenvalue weighted by molar-refractivity contribution is -0.163. The number of fused-ring (bicyclic) bond motifs is 1. The summed E-state index contributed by atoms with van der Waals surface area (Å²) in [6.45, 7) is 6.47. The zero-order valence-electron chi connectivity index (χ0n) is 23.5. The molecule has 0 heterocycles. The Balaban J connectivity index is 1.37. The van der Waals surface area contributed by atoms with Crippen molar-refractivity contribution >= 4 is 25.5 Å². The van der Waals surface area contributed by atoms with Crippen molar-refractivity contribution < 1.29 is 42.7 Å². The van der Waals surface area contributed by atoms with E-state index in [4.69, 9.17) is 19.3 Å². The molecule has 3 aliphatic rings. The van der Waals surface area contributed by atoms with Crippen molar-refractivity contribution in [1.82, 2.24) is 0 Å². The quantitative estimate of drug-likeness (QED) is 0.0687. The molecule has 0 radical (unpaired) electrons. The Morgan fingerprint density at radius 3 is 2.05 bits per heavy atom. The van der Waals surface area contributed by atoms with Crippen LogP contribution < -0.4 is 0 Å². The van der Waals surface area contributed by atoms with Crippen LogP contribution in [0.2, 0.25) is 0 Å². The second kappa shape index (κ2) is 14.4. The van der Waals surface area contributed by atoms with Crippen LogP contribution in [0.4, 0.5) is 0 Å². The summed E-state index contributed by atoms with van der Waals surface area (Å²) < 4.78 is 26.0. The number of ether oxygens (including phenoxy) is 2. The molecule has 0 aromatic rings. The monoisotopic (exact) mass is 570 g/mol. The van der Waals surface area contributed by atoms with Gasteiger partial charge in [0.05, 0.1) is 19.8 Å². The van der Waals surface area contributed by atoms with Gasteiger partial charge in [0.25, 0.3) is 0 Å². The maximum Gasteiger partial charge on any atom is 0.469 e.